The van der Waals surface area contributed by atoms with E-state index in [-0.39, 0.29) is 5.41 Å². The second kappa shape index (κ2) is 3.37. The van der Waals surface area contributed by atoms with Gasteiger partial charge in [0.15, 0.2) is 4.96 Å². The molecule has 0 unspecified atom stereocenters. The third kappa shape index (κ3) is 1.81. The molecule has 0 bridgehead atoms. The molecule has 76 valence electrons. The monoisotopic (exact) mass is 209 g/mol. The van der Waals surface area contributed by atoms with Crippen molar-refractivity contribution in [2.24, 2.45) is 11.1 Å². The lowest BCUT2D eigenvalue weighted by Gasteiger charge is -2.20. The zero-order chi connectivity index (χ0) is 10.2. The van der Waals surface area contributed by atoms with Crippen molar-refractivity contribution in [2.45, 2.75) is 20.3 Å². The zero-order valence-electron chi connectivity index (χ0n) is 8.53. The summed E-state index contributed by atoms with van der Waals surface area (Å²) in [5.74, 6) is 0. The SMILES string of the molecule is CC(C)(CN)Cc1cn2ccsc2n1. The number of hydrogen-bond acceptors (Lipinski definition) is 3. The van der Waals surface area contributed by atoms with Crippen molar-refractivity contribution < 1.29 is 0 Å². The highest BCUT2D eigenvalue weighted by Gasteiger charge is 2.18. The Balaban J connectivity index is 2.23. The molecular formula is C10H15N3S. The van der Waals surface area contributed by atoms with Gasteiger partial charge < -0.3 is 5.73 Å². The van der Waals surface area contributed by atoms with E-state index in [2.05, 4.69) is 29.4 Å². The first kappa shape index (κ1) is 9.68. The number of fused-ring (bicyclic) bond motifs is 1. The molecule has 2 aromatic rings. The Bertz CT molecular complexity index is 399. The molecule has 0 aliphatic carbocycles. The minimum Gasteiger partial charge on any atom is -0.330 e. The summed E-state index contributed by atoms with van der Waals surface area (Å²) in [6, 6.07) is 0. The van der Waals surface area contributed by atoms with E-state index in [4.69, 9.17) is 5.73 Å². The van der Waals surface area contributed by atoms with Crippen LogP contribution in [-0.4, -0.2) is 15.9 Å². The molecule has 0 saturated carbocycles. The minimum absolute atomic E-state index is 0.143. The molecule has 0 aliphatic heterocycles. The Morgan fingerprint density at radius 1 is 1.57 bits per heavy atom. The Morgan fingerprint density at radius 3 is 3.00 bits per heavy atom. The van der Waals surface area contributed by atoms with E-state index >= 15 is 0 Å². The standard InChI is InChI=1S/C10H15N3S/c1-10(2,7-11)5-8-6-13-3-4-14-9(13)12-8/h3-4,6H,5,7,11H2,1-2H3. The summed E-state index contributed by atoms with van der Waals surface area (Å²) >= 11 is 1.66. The van der Waals surface area contributed by atoms with E-state index < -0.39 is 0 Å². The van der Waals surface area contributed by atoms with E-state index in [1.807, 2.05) is 11.6 Å². The van der Waals surface area contributed by atoms with E-state index in [1.165, 1.54) is 0 Å². The number of thiazole rings is 1. The number of nitrogens with zero attached hydrogens (tertiary/aromatic N) is 2. The summed E-state index contributed by atoms with van der Waals surface area (Å²) in [6.45, 7) is 5.03. The maximum Gasteiger partial charge on any atom is 0.193 e. The summed E-state index contributed by atoms with van der Waals surface area (Å²) < 4.78 is 2.06. The van der Waals surface area contributed by atoms with Gasteiger partial charge in [-0.1, -0.05) is 13.8 Å². The number of hydrogen-bond donors (Lipinski definition) is 1. The maximum atomic E-state index is 5.69. The van der Waals surface area contributed by atoms with Crippen LogP contribution in [-0.2, 0) is 6.42 Å². The van der Waals surface area contributed by atoms with Gasteiger partial charge in [0, 0.05) is 17.8 Å². The molecule has 2 N–H and O–H groups in total. The first-order valence-corrected chi connectivity index (χ1v) is 5.60. The molecule has 0 spiro atoms. The van der Waals surface area contributed by atoms with Crippen LogP contribution in [0.5, 0.6) is 0 Å². The van der Waals surface area contributed by atoms with Gasteiger partial charge in [-0.3, -0.25) is 4.40 Å². The lowest BCUT2D eigenvalue weighted by Crippen LogP contribution is -2.26. The number of rotatable bonds is 3. The Morgan fingerprint density at radius 2 is 2.36 bits per heavy atom. The highest BCUT2D eigenvalue weighted by molar-refractivity contribution is 7.15. The van der Waals surface area contributed by atoms with Gasteiger partial charge in [-0.15, -0.1) is 11.3 Å². The summed E-state index contributed by atoms with van der Waals surface area (Å²) in [7, 11) is 0. The predicted octanol–water partition coefficient (Wildman–Crippen LogP) is 1.92. The molecule has 0 amide bonds. The number of aromatic nitrogens is 2. The third-order valence-electron chi connectivity index (χ3n) is 2.36. The first-order chi connectivity index (χ1) is 6.61. The third-order valence-corrected chi connectivity index (χ3v) is 3.13. The number of nitrogens with two attached hydrogens (primary N) is 1. The summed E-state index contributed by atoms with van der Waals surface area (Å²) in [5.41, 5.74) is 6.97. The van der Waals surface area contributed by atoms with Crippen LogP contribution in [0, 0.1) is 5.41 Å². The van der Waals surface area contributed by atoms with E-state index in [9.17, 15) is 0 Å². The second-order valence-electron chi connectivity index (χ2n) is 4.37. The van der Waals surface area contributed by atoms with Crippen molar-refractivity contribution in [3.8, 4) is 0 Å². The molecule has 2 rings (SSSR count). The predicted molar refractivity (Wildman–Crippen MR) is 59.6 cm³/mol. The average Bonchev–Trinajstić information content (AvgIpc) is 2.63. The highest BCUT2D eigenvalue weighted by atomic mass is 32.1. The van der Waals surface area contributed by atoms with Gasteiger partial charge in [0.05, 0.1) is 5.69 Å². The zero-order valence-corrected chi connectivity index (χ0v) is 9.34. The van der Waals surface area contributed by atoms with Gasteiger partial charge in [0.1, 0.15) is 0 Å². The maximum absolute atomic E-state index is 5.69. The molecule has 0 atom stereocenters. The lowest BCUT2D eigenvalue weighted by atomic mass is 9.88. The molecule has 0 aliphatic rings. The number of imidazole rings is 1. The van der Waals surface area contributed by atoms with Crippen LogP contribution in [0.4, 0.5) is 0 Å². The van der Waals surface area contributed by atoms with Crippen molar-refractivity contribution in [3.05, 3.63) is 23.5 Å². The molecule has 0 aromatic carbocycles. The van der Waals surface area contributed by atoms with E-state index in [0.29, 0.717) is 6.54 Å². The topological polar surface area (TPSA) is 43.3 Å². The van der Waals surface area contributed by atoms with Gasteiger partial charge in [-0.25, -0.2) is 4.98 Å². The fourth-order valence-electron chi connectivity index (χ4n) is 1.42. The highest BCUT2D eigenvalue weighted by Crippen LogP contribution is 2.21. The van der Waals surface area contributed by atoms with Crippen LogP contribution in [0.25, 0.3) is 4.96 Å². The summed E-state index contributed by atoms with van der Waals surface area (Å²) in [4.78, 5) is 5.59. The fraction of sp³-hybridized carbons (Fsp3) is 0.500. The largest absolute Gasteiger partial charge is 0.330 e. The molecule has 2 aromatic heterocycles. The normalized spacial score (nSPS) is 12.5. The van der Waals surface area contributed by atoms with E-state index in [1.54, 1.807) is 11.3 Å². The minimum atomic E-state index is 0.143. The second-order valence-corrected chi connectivity index (χ2v) is 5.24. The Hall–Kier alpha value is -0.870. The van der Waals surface area contributed by atoms with Crippen LogP contribution < -0.4 is 5.73 Å². The molecule has 0 radical (unpaired) electrons. The van der Waals surface area contributed by atoms with Crippen molar-refractivity contribution in [1.82, 2.24) is 9.38 Å². The first-order valence-electron chi connectivity index (χ1n) is 4.72. The van der Waals surface area contributed by atoms with Crippen LogP contribution in [0.3, 0.4) is 0 Å². The molecule has 2 heterocycles. The smallest absolute Gasteiger partial charge is 0.193 e. The van der Waals surface area contributed by atoms with Crippen molar-refractivity contribution in [2.75, 3.05) is 6.54 Å². The quantitative estimate of drug-likeness (QED) is 0.839. The Kier molecular flexibility index (Phi) is 2.33. The van der Waals surface area contributed by atoms with Gasteiger partial charge in [-0.2, -0.15) is 0 Å². The molecule has 3 nitrogen and oxygen atoms in total. The molecular weight excluding hydrogens is 194 g/mol. The van der Waals surface area contributed by atoms with Crippen LogP contribution in [0.15, 0.2) is 17.8 Å². The van der Waals surface area contributed by atoms with Crippen LogP contribution >= 0.6 is 11.3 Å². The molecule has 0 saturated heterocycles. The summed E-state index contributed by atoms with van der Waals surface area (Å²) in [5, 5.41) is 2.04. The van der Waals surface area contributed by atoms with Crippen LogP contribution in [0.1, 0.15) is 19.5 Å². The van der Waals surface area contributed by atoms with Crippen molar-refractivity contribution >= 4 is 16.3 Å². The Labute approximate surface area is 87.6 Å². The van der Waals surface area contributed by atoms with Gasteiger partial charge in [0.2, 0.25) is 0 Å². The van der Waals surface area contributed by atoms with Crippen molar-refractivity contribution in [1.29, 1.82) is 0 Å². The van der Waals surface area contributed by atoms with E-state index in [0.717, 1.165) is 17.1 Å². The van der Waals surface area contributed by atoms with Crippen LogP contribution in [0.2, 0.25) is 0 Å². The molecule has 0 fully saturated rings. The molecule has 4 heteroatoms. The van der Waals surface area contributed by atoms with Crippen molar-refractivity contribution in [3.63, 3.8) is 0 Å². The van der Waals surface area contributed by atoms with Gasteiger partial charge in [0.25, 0.3) is 0 Å². The summed E-state index contributed by atoms with van der Waals surface area (Å²) in [6.07, 6.45) is 5.06. The molecule has 14 heavy (non-hydrogen) atoms. The average molecular weight is 209 g/mol. The van der Waals surface area contributed by atoms with Gasteiger partial charge in [-0.05, 0) is 18.4 Å². The van der Waals surface area contributed by atoms with Gasteiger partial charge >= 0.3 is 0 Å². The fourth-order valence-corrected chi connectivity index (χ4v) is 2.14. The lowest BCUT2D eigenvalue weighted by molar-refractivity contribution is 0.373.